The quantitative estimate of drug-likeness (QED) is 0.493. The smallest absolute Gasteiger partial charge is 0.291 e. The van der Waals surface area contributed by atoms with Crippen molar-refractivity contribution in [2.75, 3.05) is 13.2 Å². The highest BCUT2D eigenvalue weighted by Crippen LogP contribution is 2.35. The van der Waals surface area contributed by atoms with E-state index in [2.05, 4.69) is 17.0 Å². The van der Waals surface area contributed by atoms with Gasteiger partial charge in [0.05, 0.1) is 11.1 Å². The lowest BCUT2D eigenvalue weighted by Crippen LogP contribution is -2.26. The number of thiazole rings is 1. The summed E-state index contributed by atoms with van der Waals surface area (Å²) in [6.45, 7) is 2.98. The van der Waals surface area contributed by atoms with E-state index >= 15 is 0 Å². The first-order chi connectivity index (χ1) is 14.7. The Morgan fingerprint density at radius 2 is 2.00 bits per heavy atom. The monoisotopic (exact) mass is 421 g/mol. The average molecular weight is 421 g/mol. The van der Waals surface area contributed by atoms with E-state index in [1.807, 2.05) is 54.6 Å². The second-order valence-electron chi connectivity index (χ2n) is 6.83. The number of rotatable bonds is 5. The number of fused-ring (bicyclic) bond motifs is 2. The summed E-state index contributed by atoms with van der Waals surface area (Å²) in [5.41, 5.74) is 0.643. The molecule has 0 aliphatic carbocycles. The first-order valence-corrected chi connectivity index (χ1v) is 10.6. The third-order valence-electron chi connectivity index (χ3n) is 4.66. The summed E-state index contributed by atoms with van der Waals surface area (Å²) in [6, 6.07) is 15.1. The average Bonchev–Trinajstić information content (AvgIpc) is 3.32. The first kappa shape index (κ1) is 18.6. The Morgan fingerprint density at radius 3 is 2.83 bits per heavy atom. The predicted octanol–water partition coefficient (Wildman–Crippen LogP) is 3.00. The van der Waals surface area contributed by atoms with Crippen LogP contribution in [0.5, 0.6) is 17.2 Å². The Balaban J connectivity index is 1.47. The molecular weight excluding hydrogens is 402 g/mol. The summed E-state index contributed by atoms with van der Waals surface area (Å²) in [6.07, 6.45) is 2.28. The van der Waals surface area contributed by atoms with Gasteiger partial charge in [0.2, 0.25) is 4.96 Å². The van der Waals surface area contributed by atoms with Crippen LogP contribution in [0.25, 0.3) is 11.0 Å². The van der Waals surface area contributed by atoms with Gasteiger partial charge in [-0.2, -0.15) is 9.50 Å². The van der Waals surface area contributed by atoms with Crippen molar-refractivity contribution >= 4 is 22.4 Å². The number of hydrogen-bond donors (Lipinski definition) is 0. The van der Waals surface area contributed by atoms with E-state index in [1.165, 1.54) is 15.9 Å². The molecule has 0 amide bonds. The van der Waals surface area contributed by atoms with Crippen LogP contribution in [-0.4, -0.2) is 27.8 Å². The van der Waals surface area contributed by atoms with Gasteiger partial charge in [0.1, 0.15) is 12.4 Å². The second-order valence-corrected chi connectivity index (χ2v) is 7.84. The van der Waals surface area contributed by atoms with Crippen LogP contribution in [0.2, 0.25) is 0 Å². The molecule has 1 aliphatic rings. The highest BCUT2D eigenvalue weighted by atomic mass is 32.1. The molecule has 0 spiro atoms. The molecule has 0 radical (unpaired) electrons. The predicted molar refractivity (Wildman–Crippen MR) is 113 cm³/mol. The Hall–Kier alpha value is -3.39. The van der Waals surface area contributed by atoms with E-state index in [1.54, 1.807) is 0 Å². The van der Waals surface area contributed by atoms with E-state index in [9.17, 15) is 4.79 Å². The Morgan fingerprint density at radius 1 is 1.20 bits per heavy atom. The van der Waals surface area contributed by atoms with E-state index in [-0.39, 0.29) is 5.56 Å². The zero-order chi connectivity index (χ0) is 20.5. The molecule has 5 rings (SSSR count). The minimum Gasteiger partial charge on any atom is -0.493 e. The van der Waals surface area contributed by atoms with E-state index in [4.69, 9.17) is 14.2 Å². The van der Waals surface area contributed by atoms with Crippen LogP contribution in [0.1, 0.15) is 30.8 Å². The van der Waals surface area contributed by atoms with Crippen molar-refractivity contribution in [1.29, 1.82) is 0 Å². The molecule has 0 saturated heterocycles. The Bertz CT molecular complexity index is 1310. The summed E-state index contributed by atoms with van der Waals surface area (Å²) < 4.78 is 19.3. The molecule has 2 aromatic carbocycles. The second kappa shape index (κ2) is 7.79. The minimum absolute atomic E-state index is 0.212. The lowest BCUT2D eigenvalue weighted by molar-refractivity contribution is 0.0852. The highest BCUT2D eigenvalue weighted by molar-refractivity contribution is 7.15. The highest BCUT2D eigenvalue weighted by Gasteiger charge is 2.27. The molecule has 152 valence electrons. The van der Waals surface area contributed by atoms with Crippen LogP contribution in [-0.2, 0) is 0 Å². The van der Waals surface area contributed by atoms with Gasteiger partial charge in [-0.25, -0.2) is 0 Å². The van der Waals surface area contributed by atoms with Crippen LogP contribution in [0.4, 0.5) is 0 Å². The molecule has 30 heavy (non-hydrogen) atoms. The van der Waals surface area contributed by atoms with Crippen LogP contribution in [0.3, 0.4) is 0 Å². The van der Waals surface area contributed by atoms with Gasteiger partial charge in [-0.05, 0) is 30.7 Å². The molecule has 1 atom stereocenters. The van der Waals surface area contributed by atoms with Gasteiger partial charge >= 0.3 is 0 Å². The molecule has 0 fully saturated rings. The van der Waals surface area contributed by atoms with Crippen molar-refractivity contribution in [2.24, 2.45) is 0 Å². The Labute approximate surface area is 176 Å². The van der Waals surface area contributed by atoms with Gasteiger partial charge in [0.15, 0.2) is 23.4 Å². The molecule has 0 bridgehead atoms. The summed E-state index contributed by atoms with van der Waals surface area (Å²) in [5, 5.41) is 4.39. The third kappa shape index (κ3) is 3.39. The van der Waals surface area contributed by atoms with E-state index in [0.29, 0.717) is 40.0 Å². The fraction of sp³-hybridized carbons (Fsp3) is 0.227. The number of hydrogen-bond acceptors (Lipinski definition) is 7. The van der Waals surface area contributed by atoms with Crippen molar-refractivity contribution in [3.8, 4) is 17.2 Å². The lowest BCUT2D eigenvalue weighted by atomic mass is 10.2. The maximum absolute atomic E-state index is 12.9. The van der Waals surface area contributed by atoms with E-state index < -0.39 is 6.10 Å². The van der Waals surface area contributed by atoms with Crippen molar-refractivity contribution in [2.45, 2.75) is 19.4 Å². The van der Waals surface area contributed by atoms with Gasteiger partial charge in [0.25, 0.3) is 5.56 Å². The largest absolute Gasteiger partial charge is 0.493 e. The molecule has 0 unspecified atom stereocenters. The number of aromatic nitrogens is 3. The normalized spacial score (nSPS) is 16.2. The maximum atomic E-state index is 12.9. The van der Waals surface area contributed by atoms with E-state index in [0.717, 1.165) is 17.7 Å². The number of para-hydroxylation sites is 3. The molecule has 0 saturated carbocycles. The topological polar surface area (TPSA) is 74.9 Å². The molecule has 2 aromatic heterocycles. The third-order valence-corrected chi connectivity index (χ3v) is 5.62. The van der Waals surface area contributed by atoms with Crippen LogP contribution >= 0.6 is 11.3 Å². The van der Waals surface area contributed by atoms with Crippen molar-refractivity contribution < 1.29 is 14.2 Å². The standard InChI is InChI=1S/C22H19N3O4S/c1-2-11-27-15-8-4-3-7-14(15)12-19-21(26)25-22(30-19)23-20(24-25)18-13-28-16-9-5-6-10-17(16)29-18/h3-10,12,18H,2,11,13H2,1H3/b19-12+/t18-/m0/s1. The summed E-state index contributed by atoms with van der Waals surface area (Å²) in [7, 11) is 0. The number of ether oxygens (including phenoxy) is 3. The van der Waals surface area contributed by atoms with Crippen LogP contribution < -0.4 is 24.3 Å². The summed E-state index contributed by atoms with van der Waals surface area (Å²) in [5.74, 6) is 2.53. The molecule has 3 heterocycles. The van der Waals surface area contributed by atoms with Crippen molar-refractivity contribution in [1.82, 2.24) is 14.6 Å². The van der Waals surface area contributed by atoms with Crippen LogP contribution in [0.15, 0.2) is 53.3 Å². The van der Waals surface area contributed by atoms with Crippen molar-refractivity contribution in [3.05, 3.63) is 74.8 Å². The van der Waals surface area contributed by atoms with Crippen LogP contribution in [0, 0.1) is 0 Å². The zero-order valence-corrected chi connectivity index (χ0v) is 17.1. The molecule has 0 N–H and O–H groups in total. The summed E-state index contributed by atoms with van der Waals surface area (Å²) >= 11 is 1.29. The molecular formula is C22H19N3O4S. The van der Waals surface area contributed by atoms with Gasteiger partial charge in [-0.15, -0.1) is 5.10 Å². The first-order valence-electron chi connectivity index (χ1n) is 9.74. The molecule has 8 heteroatoms. The number of nitrogens with zero attached hydrogens (tertiary/aromatic N) is 3. The zero-order valence-electron chi connectivity index (χ0n) is 16.3. The van der Waals surface area contributed by atoms with Gasteiger partial charge in [-0.1, -0.05) is 48.6 Å². The fourth-order valence-corrected chi connectivity index (χ4v) is 4.12. The number of benzene rings is 2. The lowest BCUT2D eigenvalue weighted by Gasteiger charge is -2.24. The van der Waals surface area contributed by atoms with Crippen molar-refractivity contribution in [3.63, 3.8) is 0 Å². The minimum atomic E-state index is -0.456. The molecule has 4 aromatic rings. The van der Waals surface area contributed by atoms with Gasteiger partial charge in [0, 0.05) is 5.56 Å². The summed E-state index contributed by atoms with van der Waals surface area (Å²) in [4.78, 5) is 17.9. The molecule has 7 nitrogen and oxygen atoms in total. The van der Waals surface area contributed by atoms with Gasteiger partial charge < -0.3 is 14.2 Å². The Kier molecular flexibility index (Phi) is 4.84. The fourth-order valence-electron chi connectivity index (χ4n) is 3.22. The van der Waals surface area contributed by atoms with Gasteiger partial charge in [-0.3, -0.25) is 4.79 Å². The molecule has 1 aliphatic heterocycles. The SMILES string of the molecule is CCCOc1ccccc1/C=c1/sc2nc([C@@H]3COc4ccccc4O3)nn2c1=O. The maximum Gasteiger partial charge on any atom is 0.291 e.